The summed E-state index contributed by atoms with van der Waals surface area (Å²) in [6.45, 7) is 10.2. The predicted molar refractivity (Wildman–Crippen MR) is 64.5 cm³/mol. The summed E-state index contributed by atoms with van der Waals surface area (Å²) in [5.41, 5.74) is 0. The van der Waals surface area contributed by atoms with Gasteiger partial charge in [-0.1, -0.05) is 20.8 Å². The van der Waals surface area contributed by atoms with Crippen molar-refractivity contribution in [1.82, 2.24) is 5.32 Å². The van der Waals surface area contributed by atoms with Gasteiger partial charge in [-0.2, -0.15) is 11.8 Å². The fourth-order valence-electron chi connectivity index (χ4n) is 1.03. The summed E-state index contributed by atoms with van der Waals surface area (Å²) >= 11 is 2.08. The normalized spacial score (nSPS) is 13.6. The van der Waals surface area contributed by atoms with Crippen LogP contribution in [-0.2, 0) is 0 Å². The van der Waals surface area contributed by atoms with Gasteiger partial charge in [-0.05, 0) is 38.0 Å². The van der Waals surface area contributed by atoms with E-state index in [4.69, 9.17) is 0 Å². The Morgan fingerprint density at radius 3 is 2.46 bits per heavy atom. The molecule has 1 atom stereocenters. The minimum atomic E-state index is 0.678. The molecule has 13 heavy (non-hydrogen) atoms. The summed E-state index contributed by atoms with van der Waals surface area (Å²) in [6.07, 6.45) is 2.59. The van der Waals surface area contributed by atoms with E-state index in [2.05, 4.69) is 44.8 Å². The van der Waals surface area contributed by atoms with Crippen LogP contribution in [0.25, 0.3) is 0 Å². The second-order valence-electron chi connectivity index (χ2n) is 4.11. The maximum absolute atomic E-state index is 3.50. The van der Waals surface area contributed by atoms with E-state index in [0.29, 0.717) is 6.04 Å². The van der Waals surface area contributed by atoms with Crippen LogP contribution in [-0.4, -0.2) is 24.1 Å². The van der Waals surface area contributed by atoms with Crippen molar-refractivity contribution in [2.24, 2.45) is 5.92 Å². The lowest BCUT2D eigenvalue weighted by molar-refractivity contribution is 0.588. The second kappa shape index (κ2) is 8.89. The van der Waals surface area contributed by atoms with Crippen LogP contribution in [0.1, 0.15) is 40.5 Å². The highest BCUT2D eigenvalue weighted by Crippen LogP contribution is 2.09. The Balaban J connectivity index is 3.12. The van der Waals surface area contributed by atoms with E-state index in [9.17, 15) is 0 Å². The molecule has 2 heteroatoms. The van der Waals surface area contributed by atoms with Gasteiger partial charge in [-0.15, -0.1) is 0 Å². The average molecular weight is 203 g/mol. The number of hydrogen-bond donors (Lipinski definition) is 1. The third-order valence-corrected chi connectivity index (χ3v) is 3.21. The Hall–Kier alpha value is 0.310. The molecule has 0 fully saturated rings. The smallest absolute Gasteiger partial charge is 0.0129 e. The van der Waals surface area contributed by atoms with Gasteiger partial charge in [0.05, 0.1) is 0 Å². The third-order valence-electron chi connectivity index (χ3n) is 1.95. The number of rotatable bonds is 8. The summed E-state index contributed by atoms with van der Waals surface area (Å²) in [5.74, 6) is 3.43. The number of nitrogens with one attached hydrogen (secondary N) is 1. The fourth-order valence-corrected chi connectivity index (χ4v) is 2.30. The van der Waals surface area contributed by atoms with E-state index in [0.717, 1.165) is 12.5 Å². The van der Waals surface area contributed by atoms with Gasteiger partial charge in [0.25, 0.3) is 0 Å². The van der Waals surface area contributed by atoms with E-state index in [1.54, 1.807) is 0 Å². The molecule has 1 unspecified atom stereocenters. The summed E-state index contributed by atoms with van der Waals surface area (Å²) in [4.78, 5) is 0. The molecule has 0 rings (SSSR count). The summed E-state index contributed by atoms with van der Waals surface area (Å²) in [5, 5.41) is 3.50. The van der Waals surface area contributed by atoms with Crippen LogP contribution in [0.2, 0.25) is 0 Å². The zero-order valence-electron chi connectivity index (χ0n) is 9.60. The van der Waals surface area contributed by atoms with Crippen LogP contribution in [0.3, 0.4) is 0 Å². The first-order valence-electron chi connectivity index (χ1n) is 5.48. The maximum Gasteiger partial charge on any atom is 0.0129 e. The highest BCUT2D eigenvalue weighted by molar-refractivity contribution is 7.99. The summed E-state index contributed by atoms with van der Waals surface area (Å²) in [7, 11) is 0. The standard InChI is InChI=1S/C11H25NS/c1-5-7-12-11(4)9-13-8-6-10(2)3/h10-12H,5-9H2,1-4H3. The van der Waals surface area contributed by atoms with Gasteiger partial charge in [-0.3, -0.25) is 0 Å². The molecule has 1 N–H and O–H groups in total. The zero-order valence-corrected chi connectivity index (χ0v) is 10.4. The predicted octanol–water partition coefficient (Wildman–Crippen LogP) is 3.15. The van der Waals surface area contributed by atoms with Crippen molar-refractivity contribution in [2.45, 2.75) is 46.6 Å². The van der Waals surface area contributed by atoms with Crippen molar-refractivity contribution in [3.63, 3.8) is 0 Å². The van der Waals surface area contributed by atoms with Crippen LogP contribution in [0, 0.1) is 5.92 Å². The molecule has 0 saturated carbocycles. The maximum atomic E-state index is 3.50. The van der Waals surface area contributed by atoms with Gasteiger partial charge < -0.3 is 5.32 Å². The Morgan fingerprint density at radius 1 is 1.23 bits per heavy atom. The Kier molecular flexibility index (Phi) is 9.10. The lowest BCUT2D eigenvalue weighted by atomic mass is 10.2. The van der Waals surface area contributed by atoms with Crippen molar-refractivity contribution in [3.05, 3.63) is 0 Å². The molecule has 0 radical (unpaired) electrons. The van der Waals surface area contributed by atoms with Crippen LogP contribution in [0.15, 0.2) is 0 Å². The first-order chi connectivity index (χ1) is 6.16. The lowest BCUT2D eigenvalue weighted by Gasteiger charge is -2.12. The van der Waals surface area contributed by atoms with Gasteiger partial charge in [0.1, 0.15) is 0 Å². The largest absolute Gasteiger partial charge is 0.313 e. The highest BCUT2D eigenvalue weighted by atomic mass is 32.2. The Morgan fingerprint density at radius 2 is 1.92 bits per heavy atom. The summed E-state index contributed by atoms with van der Waals surface area (Å²) in [6, 6.07) is 0.678. The van der Waals surface area contributed by atoms with Gasteiger partial charge in [0.15, 0.2) is 0 Å². The first kappa shape index (κ1) is 13.3. The fraction of sp³-hybridized carbons (Fsp3) is 1.00. The van der Waals surface area contributed by atoms with Gasteiger partial charge in [-0.25, -0.2) is 0 Å². The molecule has 0 bridgehead atoms. The molecule has 0 amide bonds. The van der Waals surface area contributed by atoms with E-state index >= 15 is 0 Å². The SMILES string of the molecule is CCCNC(C)CSCCC(C)C. The van der Waals surface area contributed by atoms with Crippen molar-refractivity contribution in [3.8, 4) is 0 Å². The van der Waals surface area contributed by atoms with E-state index in [-0.39, 0.29) is 0 Å². The zero-order chi connectivity index (χ0) is 10.1. The number of hydrogen-bond acceptors (Lipinski definition) is 2. The lowest BCUT2D eigenvalue weighted by Crippen LogP contribution is -2.28. The van der Waals surface area contributed by atoms with Gasteiger partial charge in [0.2, 0.25) is 0 Å². The molecule has 0 aromatic rings. The Bertz CT molecular complexity index is 104. The van der Waals surface area contributed by atoms with Crippen molar-refractivity contribution >= 4 is 11.8 Å². The Labute approximate surface area is 88.1 Å². The molecule has 0 saturated heterocycles. The van der Waals surface area contributed by atoms with Crippen LogP contribution < -0.4 is 5.32 Å². The van der Waals surface area contributed by atoms with Crippen LogP contribution in [0.5, 0.6) is 0 Å². The second-order valence-corrected chi connectivity index (χ2v) is 5.26. The molecule has 0 aromatic heterocycles. The minimum Gasteiger partial charge on any atom is -0.313 e. The van der Waals surface area contributed by atoms with Crippen molar-refractivity contribution < 1.29 is 0 Å². The molecule has 0 aliphatic heterocycles. The molecule has 0 aliphatic rings. The van der Waals surface area contributed by atoms with E-state index < -0.39 is 0 Å². The molecular formula is C11H25NS. The van der Waals surface area contributed by atoms with Crippen molar-refractivity contribution in [1.29, 1.82) is 0 Å². The molecule has 80 valence electrons. The van der Waals surface area contributed by atoms with Crippen molar-refractivity contribution in [2.75, 3.05) is 18.1 Å². The molecule has 1 nitrogen and oxygen atoms in total. The average Bonchev–Trinajstić information content (AvgIpc) is 2.08. The molecule has 0 heterocycles. The topological polar surface area (TPSA) is 12.0 Å². The molecule has 0 aliphatic carbocycles. The molecule has 0 aromatic carbocycles. The third kappa shape index (κ3) is 10.2. The monoisotopic (exact) mass is 203 g/mol. The van der Waals surface area contributed by atoms with Gasteiger partial charge >= 0.3 is 0 Å². The van der Waals surface area contributed by atoms with Crippen LogP contribution in [0.4, 0.5) is 0 Å². The van der Waals surface area contributed by atoms with E-state index in [1.165, 1.54) is 24.3 Å². The van der Waals surface area contributed by atoms with Gasteiger partial charge in [0, 0.05) is 11.8 Å². The molecular weight excluding hydrogens is 178 g/mol. The summed E-state index contributed by atoms with van der Waals surface area (Å²) < 4.78 is 0. The van der Waals surface area contributed by atoms with Crippen LogP contribution >= 0.6 is 11.8 Å². The quantitative estimate of drug-likeness (QED) is 0.608. The first-order valence-corrected chi connectivity index (χ1v) is 6.63. The highest BCUT2D eigenvalue weighted by Gasteiger charge is 2.00. The van der Waals surface area contributed by atoms with E-state index in [1.807, 2.05) is 0 Å². The molecule has 0 spiro atoms. The number of thioether (sulfide) groups is 1. The minimum absolute atomic E-state index is 0.678.